The van der Waals surface area contributed by atoms with Crippen molar-refractivity contribution in [2.24, 2.45) is 0 Å². The van der Waals surface area contributed by atoms with E-state index in [-0.39, 0.29) is 27.9 Å². The molecule has 0 unspecified atom stereocenters. The monoisotopic (exact) mass is 409 g/mol. The van der Waals surface area contributed by atoms with Crippen LogP contribution in [0.2, 0.25) is 5.02 Å². The highest BCUT2D eigenvalue weighted by Gasteiger charge is 2.28. The maximum absolute atomic E-state index is 13.2. The van der Waals surface area contributed by atoms with Gasteiger partial charge in [-0.3, -0.25) is 4.31 Å². The van der Waals surface area contributed by atoms with Crippen LogP contribution in [0.4, 0.5) is 5.69 Å². The Morgan fingerprint density at radius 3 is 2.26 bits per heavy atom. The van der Waals surface area contributed by atoms with E-state index in [1.54, 1.807) is 12.1 Å². The highest BCUT2D eigenvalue weighted by atomic mass is 35.5. The number of nitrogens with zero attached hydrogens (tertiary/aromatic N) is 1. The fourth-order valence-electron chi connectivity index (χ4n) is 2.42. The van der Waals surface area contributed by atoms with Gasteiger partial charge in [0, 0.05) is 12.1 Å². The number of hydrogen-bond acceptors (Lipinski definition) is 5. The van der Waals surface area contributed by atoms with E-state index in [1.165, 1.54) is 38.5 Å². The molecule has 0 aliphatic heterocycles. The van der Waals surface area contributed by atoms with Crippen molar-refractivity contribution in [3.05, 3.63) is 41.4 Å². The van der Waals surface area contributed by atoms with Gasteiger partial charge in [0.2, 0.25) is 0 Å². The van der Waals surface area contributed by atoms with Crippen LogP contribution in [0.15, 0.2) is 41.3 Å². The zero-order chi connectivity index (χ0) is 20.0. The van der Waals surface area contributed by atoms with Crippen molar-refractivity contribution in [1.82, 2.24) is 0 Å². The molecule has 0 bridgehead atoms. The first-order chi connectivity index (χ1) is 12.9. The van der Waals surface area contributed by atoms with Gasteiger partial charge in [0.25, 0.3) is 10.0 Å². The first-order valence-electron chi connectivity index (χ1n) is 7.99. The van der Waals surface area contributed by atoms with Crippen LogP contribution in [-0.4, -0.2) is 35.8 Å². The number of terminal acetylenes is 1. The van der Waals surface area contributed by atoms with Crippen LogP contribution < -0.4 is 18.5 Å². The van der Waals surface area contributed by atoms with E-state index in [0.29, 0.717) is 18.1 Å². The summed E-state index contributed by atoms with van der Waals surface area (Å²) < 4.78 is 43.3. The van der Waals surface area contributed by atoms with Crippen molar-refractivity contribution < 1.29 is 22.6 Å². The van der Waals surface area contributed by atoms with Gasteiger partial charge in [-0.15, -0.1) is 6.42 Å². The predicted molar refractivity (Wildman–Crippen MR) is 106 cm³/mol. The fourth-order valence-corrected chi connectivity index (χ4v) is 4.03. The van der Waals surface area contributed by atoms with Crippen molar-refractivity contribution in [2.75, 3.05) is 31.7 Å². The molecule has 0 saturated carbocycles. The van der Waals surface area contributed by atoms with E-state index >= 15 is 0 Å². The van der Waals surface area contributed by atoms with Gasteiger partial charge in [0.15, 0.2) is 0 Å². The lowest BCUT2D eigenvalue weighted by Crippen LogP contribution is -2.31. The molecule has 6 nitrogen and oxygen atoms in total. The van der Waals surface area contributed by atoms with Gasteiger partial charge in [-0.05, 0) is 31.2 Å². The first-order valence-corrected chi connectivity index (χ1v) is 9.81. The Hall–Kier alpha value is -2.56. The summed E-state index contributed by atoms with van der Waals surface area (Å²) in [7, 11) is -1.11. The van der Waals surface area contributed by atoms with Crippen molar-refractivity contribution in [2.45, 2.75) is 11.8 Å². The molecule has 8 heteroatoms. The fraction of sp³-hybridized carbons (Fsp3) is 0.263. The molecule has 2 aromatic rings. The molecule has 0 atom stereocenters. The minimum Gasteiger partial charge on any atom is -0.495 e. The second kappa shape index (κ2) is 8.89. The summed E-state index contributed by atoms with van der Waals surface area (Å²) in [5.74, 6) is 3.50. The van der Waals surface area contributed by atoms with Gasteiger partial charge in [0.1, 0.15) is 17.2 Å². The number of sulfonamides is 1. The van der Waals surface area contributed by atoms with Gasteiger partial charge in [-0.2, -0.15) is 0 Å². The van der Waals surface area contributed by atoms with E-state index < -0.39 is 10.0 Å². The molecule has 0 N–H and O–H groups in total. The largest absolute Gasteiger partial charge is 0.495 e. The minimum absolute atomic E-state index is 0.0668. The van der Waals surface area contributed by atoms with Crippen molar-refractivity contribution >= 4 is 27.3 Å². The third-order valence-corrected chi connectivity index (χ3v) is 5.75. The molecule has 27 heavy (non-hydrogen) atoms. The van der Waals surface area contributed by atoms with Gasteiger partial charge < -0.3 is 14.2 Å². The number of ether oxygens (including phenoxy) is 3. The Morgan fingerprint density at radius 2 is 1.74 bits per heavy atom. The quantitative estimate of drug-likeness (QED) is 0.623. The predicted octanol–water partition coefficient (Wildman–Crippen LogP) is 3.58. The molecule has 0 spiro atoms. The van der Waals surface area contributed by atoms with Crippen LogP contribution in [0.1, 0.15) is 6.92 Å². The average Bonchev–Trinajstić information content (AvgIpc) is 2.66. The molecule has 0 aliphatic rings. The Labute approximate surface area is 164 Å². The van der Waals surface area contributed by atoms with E-state index in [2.05, 4.69) is 5.92 Å². The molecule has 2 rings (SSSR count). The lowest BCUT2D eigenvalue weighted by Gasteiger charge is -2.25. The molecule has 2 aromatic carbocycles. The normalized spacial score (nSPS) is 10.8. The summed E-state index contributed by atoms with van der Waals surface area (Å²) in [5.41, 5.74) is 0.227. The Balaban J connectivity index is 2.58. The molecule has 0 amide bonds. The van der Waals surface area contributed by atoms with Crippen LogP contribution in [0.25, 0.3) is 0 Å². The van der Waals surface area contributed by atoms with E-state index in [4.69, 9.17) is 32.2 Å². The zero-order valence-corrected chi connectivity index (χ0v) is 16.8. The minimum atomic E-state index is -3.96. The number of anilines is 1. The first kappa shape index (κ1) is 20.7. The Bertz CT molecular complexity index is 936. The molecular weight excluding hydrogens is 390 g/mol. The molecular formula is C19H20ClNO5S. The summed E-state index contributed by atoms with van der Waals surface area (Å²) in [6.07, 6.45) is 5.42. The SMILES string of the molecule is C#CCN(c1cc(OC)c(Cl)cc1OC)S(=O)(=O)c1ccc(OCC)cc1. The van der Waals surface area contributed by atoms with Crippen LogP contribution >= 0.6 is 11.6 Å². The highest BCUT2D eigenvalue weighted by molar-refractivity contribution is 7.92. The van der Waals surface area contributed by atoms with E-state index in [9.17, 15) is 8.42 Å². The number of benzene rings is 2. The Kier molecular flexibility index (Phi) is 6.83. The van der Waals surface area contributed by atoms with Crippen molar-refractivity contribution in [1.29, 1.82) is 0 Å². The summed E-state index contributed by atoms with van der Waals surface area (Å²) >= 11 is 6.11. The Morgan fingerprint density at radius 1 is 1.11 bits per heavy atom. The summed E-state index contributed by atoms with van der Waals surface area (Å²) in [6.45, 7) is 2.13. The third-order valence-electron chi connectivity index (χ3n) is 3.68. The molecule has 0 aliphatic carbocycles. The topological polar surface area (TPSA) is 65.1 Å². The molecule has 0 heterocycles. The second-order valence-corrected chi connectivity index (χ2v) is 7.55. The summed E-state index contributed by atoms with van der Waals surface area (Å²) in [5, 5.41) is 0.289. The molecule has 0 fully saturated rings. The number of rotatable bonds is 8. The number of hydrogen-bond donors (Lipinski definition) is 0. The number of methoxy groups -OCH3 is 2. The van der Waals surface area contributed by atoms with Crippen LogP contribution in [-0.2, 0) is 10.0 Å². The lowest BCUT2D eigenvalue weighted by atomic mass is 10.2. The van der Waals surface area contributed by atoms with Crippen LogP contribution in [0.5, 0.6) is 17.2 Å². The molecule has 0 aromatic heterocycles. The van der Waals surface area contributed by atoms with Crippen molar-refractivity contribution in [3.8, 4) is 29.6 Å². The average molecular weight is 410 g/mol. The van der Waals surface area contributed by atoms with Gasteiger partial charge in [-0.25, -0.2) is 8.42 Å². The van der Waals surface area contributed by atoms with E-state index in [0.717, 1.165) is 4.31 Å². The standard InChI is InChI=1S/C19H20ClNO5S/c1-5-11-21(17-13-18(24-3)16(20)12-19(17)25-4)27(22,23)15-9-7-14(8-10-15)26-6-2/h1,7-10,12-13H,6,11H2,2-4H3. The summed E-state index contributed by atoms with van der Waals surface area (Å²) in [4.78, 5) is 0.0668. The number of halogens is 1. The summed E-state index contributed by atoms with van der Waals surface area (Å²) in [6, 6.07) is 9.05. The third kappa shape index (κ3) is 4.41. The van der Waals surface area contributed by atoms with Gasteiger partial charge in [0.05, 0.1) is 43.0 Å². The molecule has 144 valence electrons. The van der Waals surface area contributed by atoms with Gasteiger partial charge >= 0.3 is 0 Å². The smallest absolute Gasteiger partial charge is 0.265 e. The highest BCUT2D eigenvalue weighted by Crippen LogP contribution is 2.40. The maximum atomic E-state index is 13.2. The molecule has 0 saturated heterocycles. The van der Waals surface area contributed by atoms with Crippen LogP contribution in [0, 0.1) is 12.3 Å². The van der Waals surface area contributed by atoms with E-state index in [1.807, 2.05) is 6.92 Å². The van der Waals surface area contributed by atoms with Gasteiger partial charge in [-0.1, -0.05) is 17.5 Å². The second-order valence-electron chi connectivity index (χ2n) is 5.28. The van der Waals surface area contributed by atoms with Crippen LogP contribution in [0.3, 0.4) is 0 Å². The molecule has 0 radical (unpaired) electrons. The van der Waals surface area contributed by atoms with Crippen molar-refractivity contribution in [3.63, 3.8) is 0 Å². The lowest BCUT2D eigenvalue weighted by molar-refractivity contribution is 0.340. The maximum Gasteiger partial charge on any atom is 0.265 e. The zero-order valence-electron chi connectivity index (χ0n) is 15.2.